The molecule has 2 fully saturated rings. The van der Waals surface area contributed by atoms with Gasteiger partial charge in [0, 0.05) is 31.9 Å². The van der Waals surface area contributed by atoms with E-state index in [0.717, 1.165) is 25.2 Å². The average Bonchev–Trinajstić information content (AvgIpc) is 2.64. The van der Waals surface area contributed by atoms with E-state index < -0.39 is 0 Å². The fourth-order valence-electron chi connectivity index (χ4n) is 3.43. The highest BCUT2D eigenvalue weighted by molar-refractivity contribution is 5.98. The second kappa shape index (κ2) is 7.77. The third kappa shape index (κ3) is 3.60. The average molecular weight is 331 g/mol. The number of carbonyl (C=O) groups is 2. The molecule has 3 rings (SSSR count). The Labute approximate surface area is 143 Å². The zero-order chi connectivity index (χ0) is 16.9. The van der Waals surface area contributed by atoms with Crippen LogP contribution in [-0.2, 0) is 14.3 Å². The van der Waals surface area contributed by atoms with Gasteiger partial charge >= 0.3 is 0 Å². The summed E-state index contributed by atoms with van der Waals surface area (Å²) < 4.78 is 5.37. The number of rotatable bonds is 4. The first-order valence-electron chi connectivity index (χ1n) is 8.66. The Morgan fingerprint density at radius 2 is 1.83 bits per heavy atom. The van der Waals surface area contributed by atoms with Gasteiger partial charge in [0.1, 0.15) is 6.54 Å². The molecule has 0 aliphatic carbocycles. The molecule has 1 aromatic carbocycles. The molecular weight excluding hydrogens is 306 g/mol. The van der Waals surface area contributed by atoms with Crippen LogP contribution in [0.3, 0.4) is 0 Å². The van der Waals surface area contributed by atoms with Gasteiger partial charge in [-0.25, -0.2) is 0 Å². The standard InChI is InChI=1S/C18H25N3O3/c1-2-16(19-10-12-24-13-11-19)18(23)20-8-9-21(17(22)14-20)15-6-4-3-5-7-15/h3-7,16H,2,8-14H2,1H3. The Balaban J connectivity index is 1.64. The lowest BCUT2D eigenvalue weighted by Gasteiger charge is -2.39. The summed E-state index contributed by atoms with van der Waals surface area (Å²) in [5.74, 6) is 0.0538. The number of morpholine rings is 1. The number of hydrogen-bond donors (Lipinski definition) is 0. The number of carbonyl (C=O) groups excluding carboxylic acids is 2. The van der Waals surface area contributed by atoms with Crippen molar-refractivity contribution in [1.29, 1.82) is 0 Å². The number of benzene rings is 1. The van der Waals surface area contributed by atoms with Gasteiger partial charge in [-0.2, -0.15) is 0 Å². The molecule has 2 aliphatic heterocycles. The summed E-state index contributed by atoms with van der Waals surface area (Å²) in [6.45, 7) is 6.22. The molecule has 2 heterocycles. The van der Waals surface area contributed by atoms with E-state index in [1.807, 2.05) is 37.3 Å². The van der Waals surface area contributed by atoms with Crippen LogP contribution in [-0.4, -0.2) is 73.6 Å². The molecule has 0 saturated carbocycles. The Bertz CT molecular complexity index is 572. The molecule has 1 aromatic rings. The fourth-order valence-corrected chi connectivity index (χ4v) is 3.43. The van der Waals surface area contributed by atoms with Crippen molar-refractivity contribution in [3.8, 4) is 0 Å². The summed E-state index contributed by atoms with van der Waals surface area (Å²) in [6, 6.07) is 9.49. The first kappa shape index (κ1) is 16.9. The summed E-state index contributed by atoms with van der Waals surface area (Å²) in [6.07, 6.45) is 0.756. The van der Waals surface area contributed by atoms with Crippen molar-refractivity contribution in [2.45, 2.75) is 19.4 Å². The molecule has 1 unspecified atom stereocenters. The number of ether oxygens (including phenoxy) is 1. The third-order valence-electron chi connectivity index (χ3n) is 4.76. The smallest absolute Gasteiger partial charge is 0.246 e. The van der Waals surface area contributed by atoms with Crippen LogP contribution in [0.1, 0.15) is 13.3 Å². The number of piperazine rings is 1. The van der Waals surface area contributed by atoms with E-state index in [2.05, 4.69) is 4.90 Å². The molecule has 0 bridgehead atoms. The van der Waals surface area contributed by atoms with Crippen LogP contribution in [0.5, 0.6) is 0 Å². The van der Waals surface area contributed by atoms with E-state index in [9.17, 15) is 9.59 Å². The third-order valence-corrected chi connectivity index (χ3v) is 4.76. The SMILES string of the molecule is CCC(C(=O)N1CCN(c2ccccc2)C(=O)C1)N1CCOCC1. The summed E-state index contributed by atoms with van der Waals surface area (Å²) >= 11 is 0. The minimum Gasteiger partial charge on any atom is -0.379 e. The molecule has 0 aromatic heterocycles. The van der Waals surface area contributed by atoms with Crippen molar-refractivity contribution < 1.29 is 14.3 Å². The summed E-state index contributed by atoms with van der Waals surface area (Å²) in [7, 11) is 0. The van der Waals surface area contributed by atoms with Crippen molar-refractivity contribution in [2.75, 3.05) is 50.8 Å². The minimum atomic E-state index is -0.148. The van der Waals surface area contributed by atoms with Crippen molar-refractivity contribution in [1.82, 2.24) is 9.80 Å². The molecule has 0 N–H and O–H groups in total. The van der Waals surface area contributed by atoms with Crippen molar-refractivity contribution in [3.05, 3.63) is 30.3 Å². The maximum Gasteiger partial charge on any atom is 0.246 e. The van der Waals surface area contributed by atoms with Crippen LogP contribution in [0.15, 0.2) is 30.3 Å². The van der Waals surface area contributed by atoms with Crippen LogP contribution in [0.2, 0.25) is 0 Å². The fraction of sp³-hybridized carbons (Fsp3) is 0.556. The monoisotopic (exact) mass is 331 g/mol. The molecular formula is C18H25N3O3. The molecule has 2 saturated heterocycles. The van der Waals surface area contributed by atoms with Gasteiger partial charge in [-0.15, -0.1) is 0 Å². The van der Waals surface area contributed by atoms with Gasteiger partial charge in [0.25, 0.3) is 0 Å². The van der Waals surface area contributed by atoms with Crippen LogP contribution < -0.4 is 4.90 Å². The van der Waals surface area contributed by atoms with Gasteiger partial charge < -0.3 is 14.5 Å². The highest BCUT2D eigenvalue weighted by Gasteiger charge is 2.34. The molecule has 24 heavy (non-hydrogen) atoms. The highest BCUT2D eigenvalue weighted by atomic mass is 16.5. The molecule has 1 atom stereocenters. The van der Waals surface area contributed by atoms with Crippen molar-refractivity contribution in [3.63, 3.8) is 0 Å². The van der Waals surface area contributed by atoms with Gasteiger partial charge in [-0.05, 0) is 18.6 Å². The minimum absolute atomic E-state index is 0.0161. The topological polar surface area (TPSA) is 53.1 Å². The number of hydrogen-bond acceptors (Lipinski definition) is 4. The second-order valence-corrected chi connectivity index (χ2v) is 6.21. The Hall–Kier alpha value is -1.92. The van der Waals surface area contributed by atoms with Gasteiger partial charge in [-0.3, -0.25) is 14.5 Å². The number of nitrogens with zero attached hydrogens (tertiary/aromatic N) is 3. The lowest BCUT2D eigenvalue weighted by atomic mass is 10.1. The largest absolute Gasteiger partial charge is 0.379 e. The zero-order valence-electron chi connectivity index (χ0n) is 14.2. The molecule has 6 nitrogen and oxygen atoms in total. The van der Waals surface area contributed by atoms with E-state index >= 15 is 0 Å². The summed E-state index contributed by atoms with van der Waals surface area (Å²) in [5, 5.41) is 0. The Morgan fingerprint density at radius 3 is 2.46 bits per heavy atom. The lowest BCUT2D eigenvalue weighted by molar-refractivity contribution is -0.143. The van der Waals surface area contributed by atoms with E-state index in [-0.39, 0.29) is 24.4 Å². The number of amides is 2. The van der Waals surface area contributed by atoms with Crippen molar-refractivity contribution in [2.24, 2.45) is 0 Å². The summed E-state index contributed by atoms with van der Waals surface area (Å²) in [5.41, 5.74) is 0.898. The molecule has 2 amide bonds. The Kier molecular flexibility index (Phi) is 5.48. The molecule has 0 radical (unpaired) electrons. The van der Waals surface area contributed by atoms with Crippen LogP contribution >= 0.6 is 0 Å². The van der Waals surface area contributed by atoms with E-state index in [1.54, 1.807) is 9.80 Å². The maximum absolute atomic E-state index is 12.9. The Morgan fingerprint density at radius 1 is 1.12 bits per heavy atom. The van der Waals surface area contributed by atoms with Crippen LogP contribution in [0.25, 0.3) is 0 Å². The van der Waals surface area contributed by atoms with Crippen LogP contribution in [0, 0.1) is 0 Å². The molecule has 2 aliphatic rings. The first-order valence-corrected chi connectivity index (χ1v) is 8.66. The van der Waals surface area contributed by atoms with Crippen LogP contribution in [0.4, 0.5) is 5.69 Å². The van der Waals surface area contributed by atoms with Gasteiger partial charge in [0.05, 0.1) is 19.3 Å². The van der Waals surface area contributed by atoms with Gasteiger partial charge in [0.2, 0.25) is 11.8 Å². The van der Waals surface area contributed by atoms with E-state index in [0.29, 0.717) is 26.3 Å². The first-order chi connectivity index (χ1) is 11.7. The lowest BCUT2D eigenvalue weighted by Crippen LogP contribution is -2.58. The predicted molar refractivity (Wildman–Crippen MR) is 91.8 cm³/mol. The van der Waals surface area contributed by atoms with Crippen molar-refractivity contribution >= 4 is 17.5 Å². The maximum atomic E-state index is 12.9. The van der Waals surface area contributed by atoms with E-state index in [1.165, 1.54) is 0 Å². The number of para-hydroxylation sites is 1. The molecule has 0 spiro atoms. The summed E-state index contributed by atoms with van der Waals surface area (Å²) in [4.78, 5) is 31.0. The normalized spacial score (nSPS) is 21.0. The molecule has 6 heteroatoms. The second-order valence-electron chi connectivity index (χ2n) is 6.21. The highest BCUT2D eigenvalue weighted by Crippen LogP contribution is 2.18. The quantitative estimate of drug-likeness (QED) is 0.825. The van der Waals surface area contributed by atoms with E-state index in [4.69, 9.17) is 4.74 Å². The van der Waals surface area contributed by atoms with Gasteiger partial charge in [0.15, 0.2) is 0 Å². The molecule has 130 valence electrons. The predicted octanol–water partition coefficient (Wildman–Crippen LogP) is 0.973. The van der Waals surface area contributed by atoms with Gasteiger partial charge in [-0.1, -0.05) is 25.1 Å². The zero-order valence-corrected chi connectivity index (χ0v) is 14.2. The number of anilines is 1.